The molecule has 0 unspecified atom stereocenters. The Morgan fingerprint density at radius 3 is 2.65 bits per heavy atom. The lowest BCUT2D eigenvalue weighted by Crippen LogP contribution is -2.24. The number of hydrogen-bond acceptors (Lipinski definition) is 4. The van der Waals surface area contributed by atoms with Gasteiger partial charge in [-0.05, 0) is 49.2 Å². The molecule has 0 bridgehead atoms. The fourth-order valence-corrected chi connectivity index (χ4v) is 2.33. The number of hydrogen-bond donors (Lipinski definition) is 1. The van der Waals surface area contributed by atoms with Gasteiger partial charge in [-0.1, -0.05) is 42.3 Å². The summed E-state index contributed by atoms with van der Waals surface area (Å²) >= 11 is 12.1. The zero-order valence-electron chi connectivity index (χ0n) is 14.5. The number of benzene rings is 2. The third-order valence-electron chi connectivity index (χ3n) is 3.46. The Morgan fingerprint density at radius 1 is 1.19 bits per heavy atom. The maximum Gasteiger partial charge on any atom is 0.277 e. The maximum absolute atomic E-state index is 11.8. The molecule has 0 radical (unpaired) electrons. The van der Waals surface area contributed by atoms with Crippen LogP contribution in [0, 0.1) is 0 Å². The molecule has 5 nitrogen and oxygen atoms in total. The van der Waals surface area contributed by atoms with Gasteiger partial charge >= 0.3 is 0 Å². The van der Waals surface area contributed by atoms with Crippen molar-refractivity contribution in [2.24, 2.45) is 5.10 Å². The first-order valence-corrected chi connectivity index (χ1v) is 8.90. The van der Waals surface area contributed by atoms with Crippen LogP contribution in [0.3, 0.4) is 0 Å². The minimum atomic E-state index is -0.399. The van der Waals surface area contributed by atoms with Crippen LogP contribution in [0.4, 0.5) is 0 Å². The van der Waals surface area contributed by atoms with Gasteiger partial charge in [0.25, 0.3) is 5.91 Å². The quantitative estimate of drug-likeness (QED) is 0.521. The van der Waals surface area contributed by atoms with Crippen molar-refractivity contribution >= 4 is 35.3 Å². The van der Waals surface area contributed by atoms with Crippen LogP contribution in [0.1, 0.15) is 25.8 Å². The van der Waals surface area contributed by atoms with Crippen molar-refractivity contribution in [1.29, 1.82) is 0 Å². The number of nitrogens with zero attached hydrogens (tertiary/aromatic N) is 1. The van der Waals surface area contributed by atoms with E-state index >= 15 is 0 Å². The van der Waals surface area contributed by atoms with Crippen molar-refractivity contribution in [1.82, 2.24) is 5.43 Å². The van der Waals surface area contributed by atoms with Gasteiger partial charge in [0, 0.05) is 0 Å². The number of carbonyl (C=O) groups is 1. The Hall–Kier alpha value is -2.24. The lowest BCUT2D eigenvalue weighted by Gasteiger charge is -2.13. The summed E-state index contributed by atoms with van der Waals surface area (Å²) in [7, 11) is 0. The normalized spacial score (nSPS) is 12.0. The highest BCUT2D eigenvalue weighted by molar-refractivity contribution is 6.32. The molecule has 0 fully saturated rings. The summed E-state index contributed by atoms with van der Waals surface area (Å²) in [6, 6.07) is 12.2. The molecular weight excluding hydrogens is 375 g/mol. The van der Waals surface area contributed by atoms with Crippen molar-refractivity contribution in [3.8, 4) is 11.5 Å². The second kappa shape index (κ2) is 10.0. The van der Waals surface area contributed by atoms with Gasteiger partial charge in [0.2, 0.25) is 0 Å². The molecule has 0 spiro atoms. The van der Waals surface area contributed by atoms with Crippen molar-refractivity contribution in [2.75, 3.05) is 6.61 Å². The van der Waals surface area contributed by atoms with E-state index < -0.39 is 5.91 Å². The molecule has 2 rings (SSSR count). The summed E-state index contributed by atoms with van der Waals surface area (Å²) in [5, 5.41) is 4.82. The van der Waals surface area contributed by atoms with Gasteiger partial charge in [-0.15, -0.1) is 0 Å². The maximum atomic E-state index is 11.8. The van der Waals surface area contributed by atoms with Crippen LogP contribution in [0.2, 0.25) is 10.0 Å². The lowest BCUT2D eigenvalue weighted by atomic mass is 10.2. The first-order valence-electron chi connectivity index (χ1n) is 8.15. The number of rotatable bonds is 8. The Balaban J connectivity index is 1.85. The highest BCUT2D eigenvalue weighted by Gasteiger charge is 2.07. The molecule has 26 heavy (non-hydrogen) atoms. The van der Waals surface area contributed by atoms with Crippen LogP contribution in [0.5, 0.6) is 11.5 Å². The van der Waals surface area contributed by atoms with Crippen LogP contribution >= 0.6 is 23.2 Å². The molecule has 0 aliphatic heterocycles. The van der Waals surface area contributed by atoms with E-state index in [0.717, 1.165) is 12.0 Å². The predicted molar refractivity (Wildman–Crippen MR) is 105 cm³/mol. The van der Waals surface area contributed by atoms with Gasteiger partial charge in [-0.3, -0.25) is 4.79 Å². The van der Waals surface area contributed by atoms with Crippen LogP contribution in [-0.2, 0) is 4.79 Å². The van der Waals surface area contributed by atoms with Gasteiger partial charge in [0.05, 0.1) is 22.4 Å². The van der Waals surface area contributed by atoms with Gasteiger partial charge < -0.3 is 9.47 Å². The van der Waals surface area contributed by atoms with Crippen LogP contribution in [0.25, 0.3) is 0 Å². The van der Waals surface area contributed by atoms with E-state index in [-0.39, 0.29) is 12.7 Å². The first kappa shape index (κ1) is 20.1. The molecule has 0 aromatic heterocycles. The number of ether oxygens (including phenoxy) is 2. The fourth-order valence-electron chi connectivity index (χ4n) is 1.91. The number of hydrazone groups is 1. The molecule has 138 valence electrons. The molecule has 1 amide bonds. The van der Waals surface area contributed by atoms with Crippen molar-refractivity contribution in [2.45, 2.75) is 26.4 Å². The van der Waals surface area contributed by atoms with Gasteiger partial charge in [0.1, 0.15) is 11.5 Å². The molecule has 0 aliphatic rings. The SMILES string of the molecule is CC[C@@H](C)Oc1ccc(/C=N/NC(=O)COc2ccccc2Cl)cc1Cl. The highest BCUT2D eigenvalue weighted by Crippen LogP contribution is 2.26. The van der Waals surface area contributed by atoms with E-state index in [1.807, 2.05) is 13.8 Å². The summed E-state index contributed by atoms with van der Waals surface area (Å²) in [6.45, 7) is 3.83. The number of para-hydroxylation sites is 1. The third-order valence-corrected chi connectivity index (χ3v) is 4.06. The van der Waals surface area contributed by atoms with Crippen LogP contribution in [-0.4, -0.2) is 24.8 Å². The van der Waals surface area contributed by atoms with Gasteiger partial charge in [0.15, 0.2) is 6.61 Å². The van der Waals surface area contributed by atoms with Crippen molar-refractivity contribution in [3.05, 3.63) is 58.1 Å². The van der Waals surface area contributed by atoms with E-state index in [1.165, 1.54) is 6.21 Å². The topological polar surface area (TPSA) is 59.9 Å². The second-order valence-electron chi connectivity index (χ2n) is 5.54. The van der Waals surface area contributed by atoms with E-state index in [9.17, 15) is 4.79 Å². The molecular formula is C19H20Cl2N2O3. The molecule has 0 saturated heterocycles. The van der Waals surface area contributed by atoms with Gasteiger partial charge in [-0.2, -0.15) is 5.10 Å². The standard InChI is InChI=1S/C19H20Cl2N2O3/c1-3-13(2)26-18-9-8-14(10-16(18)21)11-22-23-19(24)12-25-17-7-5-4-6-15(17)20/h4-11,13H,3,12H2,1-2H3,(H,23,24)/b22-11+/t13-/m1/s1. The molecule has 2 aromatic rings. The Morgan fingerprint density at radius 2 is 1.96 bits per heavy atom. The molecule has 0 saturated carbocycles. The summed E-state index contributed by atoms with van der Waals surface area (Å²) in [4.78, 5) is 11.8. The minimum Gasteiger partial charge on any atom is -0.489 e. The second-order valence-corrected chi connectivity index (χ2v) is 6.35. The summed E-state index contributed by atoms with van der Waals surface area (Å²) < 4.78 is 11.0. The monoisotopic (exact) mass is 394 g/mol. The molecule has 0 heterocycles. The average Bonchev–Trinajstić information content (AvgIpc) is 2.63. The summed E-state index contributed by atoms with van der Waals surface area (Å²) in [5.74, 6) is 0.663. The average molecular weight is 395 g/mol. The Labute approximate surface area is 162 Å². The largest absolute Gasteiger partial charge is 0.489 e. The zero-order valence-corrected chi connectivity index (χ0v) is 16.1. The number of nitrogens with one attached hydrogen (secondary N) is 1. The van der Waals surface area contributed by atoms with Crippen molar-refractivity contribution < 1.29 is 14.3 Å². The van der Waals surface area contributed by atoms with Crippen LogP contribution in [0.15, 0.2) is 47.6 Å². The molecule has 1 N–H and O–H groups in total. The first-order chi connectivity index (χ1) is 12.5. The van der Waals surface area contributed by atoms with Crippen molar-refractivity contribution in [3.63, 3.8) is 0 Å². The summed E-state index contributed by atoms with van der Waals surface area (Å²) in [6.07, 6.45) is 2.47. The third kappa shape index (κ3) is 6.24. The minimum absolute atomic E-state index is 0.0874. The number of amides is 1. The number of carbonyl (C=O) groups excluding carboxylic acids is 1. The van der Waals surface area contributed by atoms with E-state index in [4.69, 9.17) is 32.7 Å². The fraction of sp³-hybridized carbons (Fsp3) is 0.263. The zero-order chi connectivity index (χ0) is 18.9. The van der Waals surface area contributed by atoms with E-state index in [2.05, 4.69) is 10.5 Å². The predicted octanol–water partition coefficient (Wildman–Crippen LogP) is 4.70. The molecule has 0 aliphatic carbocycles. The number of halogens is 2. The van der Waals surface area contributed by atoms with Crippen LogP contribution < -0.4 is 14.9 Å². The molecule has 2 aromatic carbocycles. The highest BCUT2D eigenvalue weighted by atomic mass is 35.5. The van der Waals surface area contributed by atoms with E-state index in [1.54, 1.807) is 42.5 Å². The van der Waals surface area contributed by atoms with Gasteiger partial charge in [-0.25, -0.2) is 5.43 Å². The Kier molecular flexibility index (Phi) is 7.75. The lowest BCUT2D eigenvalue weighted by molar-refractivity contribution is -0.123. The van der Waals surface area contributed by atoms with E-state index in [0.29, 0.717) is 21.5 Å². The molecule has 7 heteroatoms. The summed E-state index contributed by atoms with van der Waals surface area (Å²) in [5.41, 5.74) is 3.12. The molecule has 1 atom stereocenters. The Bertz CT molecular complexity index is 781. The smallest absolute Gasteiger partial charge is 0.277 e.